The molecule has 3 nitrogen and oxygen atoms in total. The molecule has 2 unspecified atom stereocenters. The lowest BCUT2D eigenvalue weighted by molar-refractivity contribution is 0.0942. The Bertz CT molecular complexity index is 392. The van der Waals surface area contributed by atoms with Gasteiger partial charge in [0.25, 0.3) is 5.91 Å². The van der Waals surface area contributed by atoms with Gasteiger partial charge in [-0.05, 0) is 47.2 Å². The maximum atomic E-state index is 11.8. The van der Waals surface area contributed by atoms with Gasteiger partial charge in [0.15, 0.2) is 4.67 Å². The maximum Gasteiger partial charge on any atom is 0.255 e. The van der Waals surface area contributed by atoms with Gasteiger partial charge in [0.05, 0.1) is 11.8 Å². The van der Waals surface area contributed by atoms with Crippen LogP contribution >= 0.6 is 31.9 Å². The van der Waals surface area contributed by atoms with Crippen molar-refractivity contribution in [2.45, 2.75) is 30.5 Å². The second-order valence-electron chi connectivity index (χ2n) is 4.45. The molecule has 0 radical (unpaired) electrons. The number of hydrogen-bond donors (Lipinski definition) is 1. The maximum absolute atomic E-state index is 11.8. The van der Waals surface area contributed by atoms with Crippen molar-refractivity contribution in [2.75, 3.05) is 6.54 Å². The van der Waals surface area contributed by atoms with E-state index in [9.17, 15) is 4.79 Å². The Morgan fingerprint density at radius 1 is 1.53 bits per heavy atom. The van der Waals surface area contributed by atoms with Crippen molar-refractivity contribution in [1.29, 1.82) is 0 Å². The summed E-state index contributed by atoms with van der Waals surface area (Å²) >= 11 is 6.86. The van der Waals surface area contributed by atoms with Crippen molar-refractivity contribution in [3.63, 3.8) is 0 Å². The number of carbonyl (C=O) groups is 1. The third-order valence-electron chi connectivity index (χ3n) is 3.13. The second kappa shape index (κ2) is 6.05. The van der Waals surface area contributed by atoms with Crippen molar-refractivity contribution in [1.82, 2.24) is 5.32 Å². The number of halogens is 2. The van der Waals surface area contributed by atoms with Gasteiger partial charge in [-0.25, -0.2) is 0 Å². The molecule has 0 aromatic carbocycles. The first kappa shape index (κ1) is 13.1. The molecule has 1 aromatic rings. The molecule has 1 aromatic heterocycles. The number of carbonyl (C=O) groups excluding carboxylic acids is 1. The predicted octanol–water partition coefficient (Wildman–Crippen LogP) is 3.73. The Balaban J connectivity index is 1.82. The largest absolute Gasteiger partial charge is 0.457 e. The Labute approximate surface area is 118 Å². The van der Waals surface area contributed by atoms with Crippen LogP contribution in [0.3, 0.4) is 0 Å². The zero-order chi connectivity index (χ0) is 12.3. The number of alkyl halides is 1. The molecule has 0 spiro atoms. The van der Waals surface area contributed by atoms with Crippen molar-refractivity contribution < 1.29 is 9.21 Å². The first-order valence-electron chi connectivity index (χ1n) is 5.82. The fraction of sp³-hybridized carbons (Fsp3) is 0.583. The summed E-state index contributed by atoms with van der Waals surface area (Å²) in [6, 6.07) is 1.67. The lowest BCUT2D eigenvalue weighted by Crippen LogP contribution is -2.31. The van der Waals surface area contributed by atoms with Gasteiger partial charge in [-0.3, -0.25) is 4.79 Å². The molecule has 1 heterocycles. The average Bonchev–Trinajstić information content (AvgIpc) is 2.72. The summed E-state index contributed by atoms with van der Waals surface area (Å²) in [6.45, 7) is 0.749. The van der Waals surface area contributed by atoms with Gasteiger partial charge in [-0.2, -0.15) is 0 Å². The van der Waals surface area contributed by atoms with Crippen LogP contribution in [0.1, 0.15) is 36.0 Å². The molecule has 94 valence electrons. The van der Waals surface area contributed by atoms with E-state index in [2.05, 4.69) is 37.2 Å². The summed E-state index contributed by atoms with van der Waals surface area (Å²) in [5.41, 5.74) is 0.566. The van der Waals surface area contributed by atoms with Gasteiger partial charge in [-0.1, -0.05) is 22.4 Å². The summed E-state index contributed by atoms with van der Waals surface area (Å²) in [7, 11) is 0. The van der Waals surface area contributed by atoms with Gasteiger partial charge in [0.1, 0.15) is 0 Å². The van der Waals surface area contributed by atoms with Crippen molar-refractivity contribution in [3.05, 3.63) is 22.6 Å². The summed E-state index contributed by atoms with van der Waals surface area (Å²) in [6.07, 6.45) is 6.35. The van der Waals surface area contributed by atoms with E-state index in [4.69, 9.17) is 4.42 Å². The first-order valence-corrected chi connectivity index (χ1v) is 7.53. The molecule has 2 atom stereocenters. The third kappa shape index (κ3) is 3.58. The Morgan fingerprint density at radius 2 is 2.35 bits per heavy atom. The second-order valence-corrected chi connectivity index (χ2v) is 6.46. The fourth-order valence-electron chi connectivity index (χ4n) is 2.20. The fourth-order valence-corrected chi connectivity index (χ4v) is 3.47. The molecule has 0 aliphatic heterocycles. The molecule has 0 bridgehead atoms. The van der Waals surface area contributed by atoms with Gasteiger partial charge in [0, 0.05) is 11.4 Å². The summed E-state index contributed by atoms with van der Waals surface area (Å²) < 4.78 is 5.54. The van der Waals surface area contributed by atoms with E-state index < -0.39 is 0 Å². The van der Waals surface area contributed by atoms with Crippen molar-refractivity contribution in [3.8, 4) is 0 Å². The molecular weight excluding hydrogens is 350 g/mol. The Kier molecular flexibility index (Phi) is 4.68. The molecule has 1 aliphatic rings. The highest BCUT2D eigenvalue weighted by molar-refractivity contribution is 9.10. The third-order valence-corrected chi connectivity index (χ3v) is 4.58. The first-order chi connectivity index (χ1) is 8.16. The van der Waals surface area contributed by atoms with Crippen molar-refractivity contribution in [2.24, 2.45) is 5.92 Å². The van der Waals surface area contributed by atoms with E-state index in [0.29, 0.717) is 21.0 Å². The van der Waals surface area contributed by atoms with Crippen molar-refractivity contribution >= 4 is 37.8 Å². The van der Waals surface area contributed by atoms with Crippen LogP contribution < -0.4 is 5.32 Å². The zero-order valence-electron chi connectivity index (χ0n) is 9.42. The van der Waals surface area contributed by atoms with E-state index in [-0.39, 0.29) is 5.91 Å². The molecule has 2 rings (SSSR count). The minimum Gasteiger partial charge on any atom is -0.457 e. The normalized spacial score (nSPS) is 24.6. The highest BCUT2D eigenvalue weighted by Gasteiger charge is 2.21. The molecule has 1 saturated carbocycles. The smallest absolute Gasteiger partial charge is 0.255 e. The van der Waals surface area contributed by atoms with E-state index in [1.807, 2.05) is 0 Å². The summed E-state index contributed by atoms with van der Waals surface area (Å²) in [5, 5.41) is 2.97. The van der Waals surface area contributed by atoms with E-state index in [1.165, 1.54) is 25.5 Å². The van der Waals surface area contributed by atoms with E-state index in [1.54, 1.807) is 6.07 Å². The molecule has 1 N–H and O–H groups in total. The lowest BCUT2D eigenvalue weighted by atomic mass is 9.89. The number of amides is 1. The van der Waals surface area contributed by atoms with Gasteiger partial charge >= 0.3 is 0 Å². The molecule has 0 saturated heterocycles. The number of hydrogen-bond acceptors (Lipinski definition) is 2. The minimum atomic E-state index is -0.0673. The summed E-state index contributed by atoms with van der Waals surface area (Å²) in [5.74, 6) is 0.519. The van der Waals surface area contributed by atoms with Crippen LogP contribution in [0.4, 0.5) is 0 Å². The van der Waals surface area contributed by atoms with Crippen LogP contribution in [0.25, 0.3) is 0 Å². The predicted molar refractivity (Wildman–Crippen MR) is 73.4 cm³/mol. The molecular formula is C12H15Br2NO2. The van der Waals surface area contributed by atoms with Crippen LogP contribution in [0.5, 0.6) is 0 Å². The number of rotatable bonds is 3. The quantitative estimate of drug-likeness (QED) is 0.830. The molecule has 1 fully saturated rings. The average molecular weight is 365 g/mol. The topological polar surface area (TPSA) is 42.2 Å². The van der Waals surface area contributed by atoms with Gasteiger partial charge in [0.2, 0.25) is 0 Å². The Hall–Kier alpha value is -0.290. The van der Waals surface area contributed by atoms with Crippen LogP contribution in [0, 0.1) is 5.92 Å². The Morgan fingerprint density at radius 3 is 3.00 bits per heavy atom. The van der Waals surface area contributed by atoms with Crippen LogP contribution in [-0.2, 0) is 0 Å². The van der Waals surface area contributed by atoms with Crippen LogP contribution in [-0.4, -0.2) is 17.3 Å². The standard InChI is InChI=1S/C12H15Br2NO2/c13-9-3-1-2-8(6-9)7-15-12(16)10-4-5-17-11(10)14/h4-5,8-9H,1-3,6-7H2,(H,15,16). The highest BCUT2D eigenvalue weighted by atomic mass is 79.9. The monoisotopic (exact) mass is 363 g/mol. The van der Waals surface area contributed by atoms with Crippen LogP contribution in [0.15, 0.2) is 21.4 Å². The van der Waals surface area contributed by atoms with Crippen LogP contribution in [0.2, 0.25) is 0 Å². The molecule has 1 amide bonds. The number of nitrogens with one attached hydrogen (secondary N) is 1. The number of furan rings is 1. The molecule has 17 heavy (non-hydrogen) atoms. The van der Waals surface area contributed by atoms with Gasteiger partial charge < -0.3 is 9.73 Å². The highest BCUT2D eigenvalue weighted by Crippen LogP contribution is 2.28. The SMILES string of the molecule is O=C(NCC1CCCC(Br)C1)c1ccoc1Br. The van der Waals surface area contributed by atoms with E-state index in [0.717, 1.165) is 13.0 Å². The molecule has 5 heteroatoms. The summed E-state index contributed by atoms with van der Waals surface area (Å²) in [4.78, 5) is 12.4. The van der Waals surface area contributed by atoms with Gasteiger partial charge in [-0.15, -0.1) is 0 Å². The van der Waals surface area contributed by atoms with E-state index >= 15 is 0 Å². The zero-order valence-corrected chi connectivity index (χ0v) is 12.6. The lowest BCUT2D eigenvalue weighted by Gasteiger charge is -2.25. The molecule has 1 aliphatic carbocycles. The minimum absolute atomic E-state index is 0.0673.